The highest BCUT2D eigenvalue weighted by Crippen LogP contribution is 2.23. The number of H-pyrrole nitrogens is 2. The lowest BCUT2D eigenvalue weighted by atomic mass is 10.1. The minimum absolute atomic E-state index is 0.145. The molecule has 3 N–H and O–H groups in total. The summed E-state index contributed by atoms with van der Waals surface area (Å²) in [7, 11) is 0. The molecule has 4 aromatic rings. The van der Waals surface area contributed by atoms with E-state index in [1.54, 1.807) is 36.4 Å². The van der Waals surface area contributed by atoms with E-state index in [1.165, 1.54) is 0 Å². The third kappa shape index (κ3) is 6.63. The van der Waals surface area contributed by atoms with Crippen molar-refractivity contribution in [3.63, 3.8) is 0 Å². The lowest BCUT2D eigenvalue weighted by Crippen LogP contribution is -2.18. The summed E-state index contributed by atoms with van der Waals surface area (Å²) in [6.07, 6.45) is 3.82. The molecule has 170 valence electrons. The SMILES string of the molecule is Cc1[nH]cnc1CSCCNc1ncc(Cc2ccc(Oc3ccc(Cl)cc3)cc2)c(=O)[nH]1. The smallest absolute Gasteiger partial charge is 0.255 e. The number of anilines is 1. The molecule has 33 heavy (non-hydrogen) atoms. The van der Waals surface area contributed by atoms with Crippen LogP contribution < -0.4 is 15.6 Å². The van der Waals surface area contributed by atoms with Crippen LogP contribution in [0.5, 0.6) is 11.5 Å². The van der Waals surface area contributed by atoms with Crippen molar-refractivity contribution in [2.24, 2.45) is 0 Å². The Labute approximate surface area is 201 Å². The Bertz CT molecular complexity index is 1240. The zero-order chi connectivity index (χ0) is 23.0. The van der Waals surface area contributed by atoms with E-state index >= 15 is 0 Å². The molecule has 2 aromatic heterocycles. The van der Waals surface area contributed by atoms with Crippen LogP contribution >= 0.6 is 23.4 Å². The van der Waals surface area contributed by atoms with Crippen LogP contribution in [0.25, 0.3) is 0 Å². The van der Waals surface area contributed by atoms with Gasteiger partial charge < -0.3 is 15.0 Å². The van der Waals surface area contributed by atoms with Crippen molar-refractivity contribution in [3.8, 4) is 11.5 Å². The molecule has 0 spiro atoms. The molecule has 0 aliphatic heterocycles. The lowest BCUT2D eigenvalue weighted by Gasteiger charge is -2.08. The largest absolute Gasteiger partial charge is 0.457 e. The third-order valence-electron chi connectivity index (χ3n) is 4.95. The van der Waals surface area contributed by atoms with E-state index in [-0.39, 0.29) is 5.56 Å². The van der Waals surface area contributed by atoms with Crippen molar-refractivity contribution in [3.05, 3.63) is 98.9 Å². The van der Waals surface area contributed by atoms with Gasteiger partial charge in [-0.1, -0.05) is 23.7 Å². The van der Waals surface area contributed by atoms with Crippen molar-refractivity contribution in [1.82, 2.24) is 19.9 Å². The summed E-state index contributed by atoms with van der Waals surface area (Å²) >= 11 is 7.67. The molecule has 0 radical (unpaired) electrons. The van der Waals surface area contributed by atoms with Gasteiger partial charge in [-0.15, -0.1) is 0 Å². The molecule has 0 amide bonds. The Morgan fingerprint density at radius 3 is 2.45 bits per heavy atom. The Kier molecular flexibility index (Phi) is 7.70. The number of hydrogen-bond donors (Lipinski definition) is 3. The zero-order valence-electron chi connectivity index (χ0n) is 18.1. The number of aryl methyl sites for hydroxylation is 1. The van der Waals surface area contributed by atoms with Gasteiger partial charge in [0.2, 0.25) is 5.95 Å². The molecule has 0 aliphatic carbocycles. The average molecular weight is 482 g/mol. The summed E-state index contributed by atoms with van der Waals surface area (Å²) in [6, 6.07) is 14.8. The van der Waals surface area contributed by atoms with Gasteiger partial charge >= 0.3 is 0 Å². The normalized spacial score (nSPS) is 10.8. The molecule has 0 bridgehead atoms. The molecule has 4 rings (SSSR count). The predicted octanol–water partition coefficient (Wildman–Crippen LogP) is 5.18. The second kappa shape index (κ2) is 11.1. The molecule has 0 unspecified atom stereocenters. The molecule has 7 nitrogen and oxygen atoms in total. The van der Waals surface area contributed by atoms with Crippen LogP contribution in [-0.4, -0.2) is 32.2 Å². The fourth-order valence-corrected chi connectivity index (χ4v) is 4.12. The lowest BCUT2D eigenvalue weighted by molar-refractivity contribution is 0.482. The summed E-state index contributed by atoms with van der Waals surface area (Å²) < 4.78 is 5.81. The van der Waals surface area contributed by atoms with E-state index in [1.807, 2.05) is 43.3 Å². The highest BCUT2D eigenvalue weighted by atomic mass is 35.5. The molecule has 0 atom stereocenters. The van der Waals surface area contributed by atoms with Gasteiger partial charge in [0.25, 0.3) is 5.56 Å². The minimum Gasteiger partial charge on any atom is -0.457 e. The second-order valence-electron chi connectivity index (χ2n) is 7.42. The summed E-state index contributed by atoms with van der Waals surface area (Å²) in [4.78, 5) is 27.0. The summed E-state index contributed by atoms with van der Waals surface area (Å²) in [5.41, 5.74) is 3.63. The van der Waals surface area contributed by atoms with Gasteiger partial charge in [-0.25, -0.2) is 9.97 Å². The van der Waals surface area contributed by atoms with Crippen molar-refractivity contribution in [2.75, 3.05) is 17.6 Å². The fourth-order valence-electron chi connectivity index (χ4n) is 3.11. The second-order valence-corrected chi connectivity index (χ2v) is 8.96. The monoisotopic (exact) mass is 481 g/mol. The Hall–Kier alpha value is -3.23. The van der Waals surface area contributed by atoms with Gasteiger partial charge in [-0.3, -0.25) is 9.78 Å². The van der Waals surface area contributed by atoms with Crippen LogP contribution in [0.1, 0.15) is 22.5 Å². The number of halogens is 1. The van der Waals surface area contributed by atoms with Gasteiger partial charge in [0.1, 0.15) is 11.5 Å². The molecule has 0 aliphatic rings. The van der Waals surface area contributed by atoms with Crippen LogP contribution in [0.4, 0.5) is 5.95 Å². The fraction of sp³-hybridized carbons (Fsp3) is 0.208. The molecule has 0 saturated carbocycles. The average Bonchev–Trinajstić information content (AvgIpc) is 3.22. The van der Waals surface area contributed by atoms with Crippen molar-refractivity contribution < 1.29 is 4.74 Å². The number of benzene rings is 2. The maximum Gasteiger partial charge on any atom is 0.255 e. The molecular formula is C24H24ClN5O2S. The molecule has 2 heterocycles. The van der Waals surface area contributed by atoms with Gasteiger partial charge in [0, 0.05) is 46.9 Å². The van der Waals surface area contributed by atoms with E-state index in [9.17, 15) is 4.79 Å². The molecule has 0 fully saturated rings. The minimum atomic E-state index is -0.145. The third-order valence-corrected chi connectivity index (χ3v) is 6.17. The zero-order valence-corrected chi connectivity index (χ0v) is 19.7. The van der Waals surface area contributed by atoms with Gasteiger partial charge in [-0.2, -0.15) is 11.8 Å². The molecule has 2 aromatic carbocycles. The maximum atomic E-state index is 12.5. The van der Waals surface area contributed by atoms with E-state index < -0.39 is 0 Å². The quantitative estimate of drug-likeness (QED) is 0.270. The van der Waals surface area contributed by atoms with Gasteiger partial charge in [-0.05, 0) is 48.9 Å². The van der Waals surface area contributed by atoms with E-state index in [4.69, 9.17) is 16.3 Å². The predicted molar refractivity (Wildman–Crippen MR) is 134 cm³/mol. The maximum absolute atomic E-state index is 12.5. The van der Waals surface area contributed by atoms with E-state index in [2.05, 4.69) is 25.3 Å². The molecular weight excluding hydrogens is 458 g/mol. The van der Waals surface area contributed by atoms with Crippen LogP contribution in [0.3, 0.4) is 0 Å². The van der Waals surface area contributed by atoms with Crippen molar-refractivity contribution in [2.45, 2.75) is 19.1 Å². The number of aromatic amines is 2. The number of nitrogens with zero attached hydrogens (tertiary/aromatic N) is 2. The first-order chi connectivity index (χ1) is 16.1. The van der Waals surface area contributed by atoms with E-state index in [0.717, 1.165) is 28.5 Å². The summed E-state index contributed by atoms with van der Waals surface area (Å²) in [5, 5.41) is 3.83. The number of aromatic nitrogens is 4. The number of hydrogen-bond acceptors (Lipinski definition) is 6. The van der Waals surface area contributed by atoms with Crippen molar-refractivity contribution >= 4 is 29.3 Å². The highest BCUT2D eigenvalue weighted by molar-refractivity contribution is 7.98. The summed E-state index contributed by atoms with van der Waals surface area (Å²) in [6.45, 7) is 2.71. The Balaban J connectivity index is 1.26. The highest BCUT2D eigenvalue weighted by Gasteiger charge is 2.06. The van der Waals surface area contributed by atoms with Crippen LogP contribution in [-0.2, 0) is 12.2 Å². The molecule has 9 heteroatoms. The van der Waals surface area contributed by atoms with Crippen LogP contribution in [0.2, 0.25) is 5.02 Å². The number of rotatable bonds is 10. The van der Waals surface area contributed by atoms with E-state index in [0.29, 0.717) is 41.0 Å². The Morgan fingerprint density at radius 1 is 1.06 bits per heavy atom. The first-order valence-corrected chi connectivity index (χ1v) is 12.0. The number of imidazole rings is 1. The first kappa shape index (κ1) is 22.9. The van der Waals surface area contributed by atoms with Crippen LogP contribution in [0.15, 0.2) is 65.8 Å². The number of thioether (sulfide) groups is 1. The standard InChI is InChI=1S/C24H24ClN5O2S/c1-16-22(29-15-28-16)14-33-11-10-26-24-27-13-18(23(31)30-24)12-17-2-6-20(7-3-17)32-21-8-4-19(25)5-9-21/h2-9,13,15H,10-12,14H2,1H3,(H,28,29)(H2,26,27,30,31). The van der Waals surface area contributed by atoms with Crippen molar-refractivity contribution in [1.29, 1.82) is 0 Å². The summed E-state index contributed by atoms with van der Waals surface area (Å²) in [5.74, 6) is 3.64. The molecule has 0 saturated heterocycles. The Morgan fingerprint density at radius 2 is 1.79 bits per heavy atom. The topological polar surface area (TPSA) is 95.7 Å². The van der Waals surface area contributed by atoms with Gasteiger partial charge in [0.05, 0.1) is 12.0 Å². The van der Waals surface area contributed by atoms with Gasteiger partial charge in [0.15, 0.2) is 0 Å². The first-order valence-electron chi connectivity index (χ1n) is 10.5. The number of nitrogens with one attached hydrogen (secondary N) is 3. The number of ether oxygens (including phenoxy) is 1. The van der Waals surface area contributed by atoms with Crippen LogP contribution in [0, 0.1) is 6.92 Å².